The Morgan fingerprint density at radius 3 is 1.49 bits per heavy atom. The molecule has 0 radical (unpaired) electrons. The number of ether oxygens (including phenoxy) is 2. The van der Waals surface area contributed by atoms with E-state index >= 15 is 0 Å². The van der Waals surface area contributed by atoms with E-state index in [1.54, 1.807) is 47.0 Å². The van der Waals surface area contributed by atoms with Gasteiger partial charge >= 0.3 is 11.9 Å². The molecule has 0 aliphatic carbocycles. The largest absolute Gasteiger partial charge is 0.616 e. The van der Waals surface area contributed by atoms with Gasteiger partial charge in [0, 0.05) is 77.9 Å². The van der Waals surface area contributed by atoms with Gasteiger partial charge in [-0.05, 0) is 5.75 Å². The summed E-state index contributed by atoms with van der Waals surface area (Å²) < 4.78 is 21.8. The number of thioether (sulfide) groups is 10. The molecule has 1 atom stereocenters. The number of hydrogen-bond acceptors (Lipinski definition) is 18. The molecule has 0 aliphatic heterocycles. The summed E-state index contributed by atoms with van der Waals surface area (Å²) >= 11 is 17.0. The van der Waals surface area contributed by atoms with Crippen molar-refractivity contribution in [3.8, 4) is 0 Å². The van der Waals surface area contributed by atoms with Crippen molar-refractivity contribution in [1.29, 1.82) is 0 Å². The van der Waals surface area contributed by atoms with Crippen LogP contribution in [0.1, 0.15) is 25.7 Å². The second-order valence-electron chi connectivity index (χ2n) is 8.33. The van der Waals surface area contributed by atoms with Gasteiger partial charge in [0.15, 0.2) is 5.12 Å². The van der Waals surface area contributed by atoms with E-state index in [-0.39, 0.29) is 43.5 Å². The summed E-state index contributed by atoms with van der Waals surface area (Å²) in [5.74, 6) is 7.09. The standard InChI is InChI=1S/C26H48O8S11/c27-5-7-33-24(29)2-10-36-19-41-18-35-9-1-16-45(32)17-15-40-23-43-22-39-13-14-44-26(31)4-12-38-21-42-20-37-11-3-25(30)34-8-6-28/h27-28H,1-23H2. The lowest BCUT2D eigenvalue weighted by molar-refractivity contribution is -0.144. The number of esters is 2. The zero-order valence-electron chi connectivity index (χ0n) is 25.6. The average molecular weight is 841 g/mol. The number of aliphatic hydroxyl groups excluding tert-OH is 2. The Labute approximate surface area is 315 Å². The molecule has 45 heavy (non-hydrogen) atoms. The third-order valence-corrected chi connectivity index (χ3v) is 18.6. The summed E-state index contributed by atoms with van der Waals surface area (Å²) in [5.41, 5.74) is 0. The van der Waals surface area contributed by atoms with Crippen LogP contribution in [0, 0.1) is 0 Å². The van der Waals surface area contributed by atoms with Crippen LogP contribution in [-0.2, 0) is 35.0 Å². The molecular weight excluding hydrogens is 793 g/mol. The first-order valence-corrected chi connectivity index (χ1v) is 27.1. The van der Waals surface area contributed by atoms with E-state index in [1.165, 1.54) is 11.8 Å². The lowest BCUT2D eigenvalue weighted by Gasteiger charge is -2.10. The van der Waals surface area contributed by atoms with Crippen molar-refractivity contribution in [3.63, 3.8) is 0 Å². The Morgan fingerprint density at radius 1 is 0.533 bits per heavy atom. The van der Waals surface area contributed by atoms with Gasteiger partial charge in [-0.2, -0.15) is 58.8 Å². The van der Waals surface area contributed by atoms with Crippen molar-refractivity contribution in [3.05, 3.63) is 0 Å². The Balaban J connectivity index is 3.30. The number of carbonyl (C=O) groups is 3. The monoisotopic (exact) mass is 840 g/mol. The van der Waals surface area contributed by atoms with Crippen LogP contribution in [0.4, 0.5) is 0 Å². The summed E-state index contributed by atoms with van der Waals surface area (Å²) in [7, 11) is 0. The van der Waals surface area contributed by atoms with Crippen LogP contribution in [0.3, 0.4) is 0 Å². The molecule has 0 aromatic heterocycles. The number of rotatable bonds is 35. The van der Waals surface area contributed by atoms with Gasteiger partial charge in [-0.3, -0.25) is 14.4 Å². The predicted molar refractivity (Wildman–Crippen MR) is 217 cm³/mol. The molecule has 0 saturated carbocycles. The highest BCUT2D eigenvalue weighted by atomic mass is 32.2. The van der Waals surface area contributed by atoms with E-state index < -0.39 is 11.2 Å². The molecule has 0 heterocycles. The minimum atomic E-state index is -0.741. The minimum Gasteiger partial charge on any atom is -0.616 e. The lowest BCUT2D eigenvalue weighted by Crippen LogP contribution is -2.13. The van der Waals surface area contributed by atoms with Crippen molar-refractivity contribution >= 4 is 146 Å². The van der Waals surface area contributed by atoms with Gasteiger partial charge in [-0.15, -0.1) is 47.0 Å². The first-order chi connectivity index (χ1) is 22.0. The van der Waals surface area contributed by atoms with E-state index in [0.29, 0.717) is 19.3 Å². The van der Waals surface area contributed by atoms with Gasteiger partial charge in [-0.1, -0.05) is 22.9 Å². The maximum Gasteiger partial charge on any atom is 0.306 e. The normalized spacial score (nSPS) is 11.9. The number of aliphatic hydroxyl groups is 2. The maximum atomic E-state index is 12.2. The van der Waals surface area contributed by atoms with Crippen molar-refractivity contribution in [2.24, 2.45) is 0 Å². The van der Waals surface area contributed by atoms with E-state index in [1.807, 2.05) is 58.8 Å². The highest BCUT2D eigenvalue weighted by Crippen LogP contribution is 2.22. The van der Waals surface area contributed by atoms with Crippen LogP contribution in [0.2, 0.25) is 0 Å². The second-order valence-corrected chi connectivity index (χ2v) is 23.0. The number of carbonyl (C=O) groups excluding carboxylic acids is 3. The predicted octanol–water partition coefficient (Wildman–Crippen LogP) is 5.97. The molecule has 0 aromatic rings. The summed E-state index contributed by atoms with van der Waals surface area (Å²) in [6, 6.07) is 0. The first kappa shape index (κ1) is 47.3. The van der Waals surface area contributed by atoms with Crippen LogP contribution in [0.5, 0.6) is 0 Å². The molecule has 0 aromatic carbocycles. The highest BCUT2D eigenvalue weighted by Gasteiger charge is 2.07. The van der Waals surface area contributed by atoms with Crippen LogP contribution in [-0.4, -0.2) is 141 Å². The van der Waals surface area contributed by atoms with Crippen LogP contribution < -0.4 is 0 Å². The zero-order chi connectivity index (χ0) is 33.1. The quantitative estimate of drug-likeness (QED) is 0.0336. The van der Waals surface area contributed by atoms with E-state index in [2.05, 4.69) is 0 Å². The summed E-state index contributed by atoms with van der Waals surface area (Å²) in [6.07, 6.45) is 2.32. The maximum absolute atomic E-state index is 12.2. The minimum absolute atomic E-state index is 0.0680. The molecule has 0 amide bonds. The molecule has 0 aliphatic rings. The molecule has 0 fully saturated rings. The molecule has 19 heteroatoms. The molecule has 0 bridgehead atoms. The first-order valence-electron chi connectivity index (χ1n) is 14.2. The lowest BCUT2D eigenvalue weighted by atomic mass is 10.5. The Kier molecular flexibility index (Phi) is 41.2. The van der Waals surface area contributed by atoms with Crippen LogP contribution in [0.15, 0.2) is 0 Å². The molecule has 8 nitrogen and oxygen atoms in total. The Bertz CT molecular complexity index is 701. The van der Waals surface area contributed by atoms with Crippen LogP contribution in [0.25, 0.3) is 0 Å². The van der Waals surface area contributed by atoms with Gasteiger partial charge in [0.1, 0.15) is 24.7 Å². The van der Waals surface area contributed by atoms with E-state index in [0.717, 1.165) is 88.7 Å². The van der Waals surface area contributed by atoms with E-state index in [4.69, 9.17) is 19.7 Å². The van der Waals surface area contributed by atoms with Gasteiger partial charge < -0.3 is 24.2 Å². The molecule has 2 N–H and O–H groups in total. The smallest absolute Gasteiger partial charge is 0.306 e. The molecule has 266 valence electrons. The average Bonchev–Trinajstić information content (AvgIpc) is 3.03. The van der Waals surface area contributed by atoms with Gasteiger partial charge in [0.25, 0.3) is 0 Å². The number of hydrogen-bond donors (Lipinski definition) is 2. The summed E-state index contributed by atoms with van der Waals surface area (Å²) in [6.45, 7) is -0.127. The van der Waals surface area contributed by atoms with Gasteiger partial charge in [0.05, 0.1) is 26.1 Å². The van der Waals surface area contributed by atoms with Crippen molar-refractivity contribution < 1.29 is 38.6 Å². The third-order valence-electron chi connectivity index (χ3n) is 4.67. The SMILES string of the molecule is O=C(CCSCSCSCCC[S+]([O-])CCSCSCSCCSC(=O)CCSCSCSCCC(=O)OCCO)OCCO. The van der Waals surface area contributed by atoms with Crippen molar-refractivity contribution in [1.82, 2.24) is 0 Å². The Morgan fingerprint density at radius 2 is 0.978 bits per heavy atom. The molecule has 0 spiro atoms. The summed E-state index contributed by atoms with van der Waals surface area (Å²) in [5, 5.41) is 23.3. The second kappa shape index (κ2) is 39.1. The van der Waals surface area contributed by atoms with Gasteiger partial charge in [-0.25, -0.2) is 0 Å². The molecular formula is C26H48O8S11. The topological polar surface area (TPSA) is 133 Å². The fraction of sp³-hybridized carbons (Fsp3) is 0.885. The molecule has 0 rings (SSSR count). The Hall–Kier alpha value is 2.34. The summed E-state index contributed by atoms with van der Waals surface area (Å²) in [4.78, 5) is 34.6. The van der Waals surface area contributed by atoms with Crippen LogP contribution >= 0.6 is 118 Å². The zero-order valence-corrected chi connectivity index (χ0v) is 34.6. The third kappa shape index (κ3) is 39.0. The van der Waals surface area contributed by atoms with Gasteiger partial charge in [0.2, 0.25) is 0 Å². The molecule has 0 saturated heterocycles. The fourth-order valence-corrected chi connectivity index (χ4v) is 15.7. The highest BCUT2D eigenvalue weighted by molar-refractivity contribution is 8.24. The van der Waals surface area contributed by atoms with Crippen molar-refractivity contribution in [2.75, 3.05) is 109 Å². The van der Waals surface area contributed by atoms with E-state index in [9.17, 15) is 18.9 Å². The van der Waals surface area contributed by atoms with Crippen molar-refractivity contribution in [2.45, 2.75) is 25.7 Å². The molecule has 1 unspecified atom stereocenters. The fourth-order valence-electron chi connectivity index (χ4n) is 2.60.